The van der Waals surface area contributed by atoms with Gasteiger partial charge in [0.25, 0.3) is 5.91 Å². The van der Waals surface area contributed by atoms with E-state index in [1.54, 1.807) is 0 Å². The zero-order valence-electron chi connectivity index (χ0n) is 15.3. The first-order chi connectivity index (χ1) is 12.0. The second kappa shape index (κ2) is 7.40. The summed E-state index contributed by atoms with van der Waals surface area (Å²) in [5.74, 6) is 0.148. The van der Waals surface area contributed by atoms with Crippen molar-refractivity contribution < 1.29 is 9.90 Å². The maximum Gasteiger partial charge on any atom is 0.272 e. The number of hydrogen-bond donors (Lipinski definition) is 2. The zero-order chi connectivity index (χ0) is 18.0. The highest BCUT2D eigenvalue weighted by Crippen LogP contribution is 2.29. The molecule has 1 heterocycles. The summed E-state index contributed by atoms with van der Waals surface area (Å²) in [6.07, 6.45) is 3.63. The fourth-order valence-corrected chi connectivity index (χ4v) is 3.54. The molecule has 0 saturated heterocycles. The number of nitrogens with zero attached hydrogens (tertiary/aromatic N) is 2. The summed E-state index contributed by atoms with van der Waals surface area (Å²) in [5, 5.41) is 16.6. The van der Waals surface area contributed by atoms with Crippen LogP contribution in [-0.4, -0.2) is 33.9 Å². The zero-order valence-corrected chi connectivity index (χ0v) is 15.3. The van der Waals surface area contributed by atoms with Gasteiger partial charge in [0.1, 0.15) is 0 Å². The molecule has 25 heavy (non-hydrogen) atoms. The third-order valence-corrected chi connectivity index (χ3v) is 4.96. The van der Waals surface area contributed by atoms with Gasteiger partial charge in [0.15, 0.2) is 5.69 Å². The molecule has 5 nitrogen and oxygen atoms in total. The molecule has 0 radical (unpaired) electrons. The average molecular weight is 341 g/mol. The van der Waals surface area contributed by atoms with Crippen LogP contribution < -0.4 is 5.32 Å². The second-order valence-corrected chi connectivity index (χ2v) is 7.16. The van der Waals surface area contributed by atoms with E-state index >= 15 is 0 Å². The van der Waals surface area contributed by atoms with E-state index in [2.05, 4.69) is 42.5 Å². The summed E-state index contributed by atoms with van der Waals surface area (Å²) >= 11 is 0. The fourth-order valence-electron chi connectivity index (χ4n) is 3.54. The maximum absolute atomic E-state index is 12.6. The third-order valence-electron chi connectivity index (χ3n) is 4.96. The van der Waals surface area contributed by atoms with Crippen molar-refractivity contribution in [1.29, 1.82) is 0 Å². The van der Waals surface area contributed by atoms with E-state index in [-0.39, 0.29) is 18.4 Å². The van der Waals surface area contributed by atoms with E-state index in [0.717, 1.165) is 30.5 Å². The van der Waals surface area contributed by atoms with E-state index < -0.39 is 0 Å². The van der Waals surface area contributed by atoms with Crippen LogP contribution in [0.5, 0.6) is 0 Å². The molecular formula is C20H27N3O2. The molecule has 0 bridgehead atoms. The third kappa shape index (κ3) is 3.61. The lowest BCUT2D eigenvalue weighted by Crippen LogP contribution is -2.29. The minimum absolute atomic E-state index is 0.105. The number of nitrogens with one attached hydrogen (secondary N) is 1. The molecule has 3 rings (SSSR count). The highest BCUT2D eigenvalue weighted by atomic mass is 16.3. The molecule has 0 spiro atoms. The summed E-state index contributed by atoms with van der Waals surface area (Å²) in [5.41, 5.74) is 6.26. The van der Waals surface area contributed by atoms with Gasteiger partial charge in [-0.25, -0.2) is 4.68 Å². The van der Waals surface area contributed by atoms with Gasteiger partial charge in [0.05, 0.1) is 5.69 Å². The number of aliphatic hydroxyl groups excluding tert-OH is 1. The number of benzene rings is 1. The highest BCUT2D eigenvalue weighted by molar-refractivity contribution is 5.94. The Bertz CT molecular complexity index is 779. The lowest BCUT2D eigenvalue weighted by molar-refractivity contribution is 0.0939. The molecular weight excluding hydrogens is 314 g/mol. The number of aliphatic hydroxyl groups is 1. The Balaban J connectivity index is 1.88. The van der Waals surface area contributed by atoms with Crippen LogP contribution in [0.4, 0.5) is 0 Å². The summed E-state index contributed by atoms with van der Waals surface area (Å²) in [6.45, 7) is 6.89. The van der Waals surface area contributed by atoms with Crippen LogP contribution in [0.25, 0.3) is 5.69 Å². The molecule has 2 aromatic rings. The summed E-state index contributed by atoms with van der Waals surface area (Å²) < 4.78 is 1.96. The van der Waals surface area contributed by atoms with Crippen molar-refractivity contribution in [2.24, 2.45) is 5.92 Å². The molecule has 1 unspecified atom stereocenters. The lowest BCUT2D eigenvalue weighted by atomic mass is 10.1. The van der Waals surface area contributed by atoms with Crippen molar-refractivity contribution >= 4 is 5.91 Å². The van der Waals surface area contributed by atoms with Crippen LogP contribution in [-0.2, 0) is 12.8 Å². The van der Waals surface area contributed by atoms with E-state index in [1.165, 1.54) is 16.8 Å². The van der Waals surface area contributed by atoms with Gasteiger partial charge in [-0.3, -0.25) is 4.79 Å². The number of aryl methyl sites for hydroxylation is 2. The van der Waals surface area contributed by atoms with Crippen LogP contribution in [0, 0.1) is 19.8 Å². The second-order valence-electron chi connectivity index (χ2n) is 7.16. The largest absolute Gasteiger partial charge is 0.396 e. The first-order valence-electron chi connectivity index (χ1n) is 9.08. The van der Waals surface area contributed by atoms with Crippen molar-refractivity contribution in [2.75, 3.05) is 13.2 Å². The Kier molecular flexibility index (Phi) is 5.23. The molecule has 0 aliphatic heterocycles. The number of aromatic nitrogens is 2. The van der Waals surface area contributed by atoms with Gasteiger partial charge in [-0.2, -0.15) is 5.10 Å². The Morgan fingerprint density at radius 1 is 1.36 bits per heavy atom. The van der Waals surface area contributed by atoms with Gasteiger partial charge in [-0.1, -0.05) is 24.6 Å². The number of carbonyl (C=O) groups excluding carboxylic acids is 1. The molecule has 1 amide bonds. The Hall–Kier alpha value is -2.14. The molecule has 1 aromatic heterocycles. The van der Waals surface area contributed by atoms with Crippen molar-refractivity contribution in [2.45, 2.75) is 46.5 Å². The van der Waals surface area contributed by atoms with Crippen molar-refractivity contribution in [3.05, 3.63) is 46.3 Å². The molecule has 1 aliphatic rings. The number of amides is 1. The first kappa shape index (κ1) is 17.7. The molecule has 2 N–H and O–H groups in total. The van der Waals surface area contributed by atoms with E-state index in [1.807, 2.05) is 11.6 Å². The molecule has 0 saturated carbocycles. The van der Waals surface area contributed by atoms with Crippen LogP contribution >= 0.6 is 0 Å². The summed E-state index contributed by atoms with van der Waals surface area (Å²) in [7, 11) is 0. The van der Waals surface area contributed by atoms with Gasteiger partial charge in [0.2, 0.25) is 0 Å². The molecule has 5 heteroatoms. The van der Waals surface area contributed by atoms with Gasteiger partial charge >= 0.3 is 0 Å². The predicted octanol–water partition coefficient (Wildman–Crippen LogP) is 2.73. The average Bonchev–Trinajstić information content (AvgIpc) is 3.16. The Morgan fingerprint density at radius 2 is 2.16 bits per heavy atom. The molecule has 134 valence electrons. The minimum atomic E-state index is -0.105. The SMILES string of the molecule is Cc1ccc(-n2nc(C(=O)NCC(C)CCO)c3c2CCC3)c(C)c1. The summed E-state index contributed by atoms with van der Waals surface area (Å²) in [4.78, 5) is 12.6. The van der Waals surface area contributed by atoms with Crippen LogP contribution in [0.3, 0.4) is 0 Å². The normalized spacial score (nSPS) is 14.4. The van der Waals surface area contributed by atoms with Crippen molar-refractivity contribution in [3.63, 3.8) is 0 Å². The first-order valence-corrected chi connectivity index (χ1v) is 9.08. The van der Waals surface area contributed by atoms with E-state index in [4.69, 9.17) is 5.11 Å². The highest BCUT2D eigenvalue weighted by Gasteiger charge is 2.27. The monoisotopic (exact) mass is 341 g/mol. The standard InChI is InChI=1S/C20H27N3O2/c1-13-7-8-17(15(3)11-13)23-18-6-4-5-16(18)19(22-23)20(25)21-12-14(2)9-10-24/h7-8,11,14,24H,4-6,9-10,12H2,1-3H3,(H,21,25). The van der Waals surface area contributed by atoms with E-state index in [0.29, 0.717) is 18.7 Å². The minimum Gasteiger partial charge on any atom is -0.396 e. The number of rotatable bonds is 6. The quantitative estimate of drug-likeness (QED) is 0.849. The molecule has 0 fully saturated rings. The number of fused-ring (bicyclic) bond motifs is 1. The number of carbonyl (C=O) groups is 1. The maximum atomic E-state index is 12.6. The van der Waals surface area contributed by atoms with Gasteiger partial charge in [-0.05, 0) is 57.1 Å². The van der Waals surface area contributed by atoms with Crippen LogP contribution in [0.15, 0.2) is 18.2 Å². The topological polar surface area (TPSA) is 67.2 Å². The molecule has 1 atom stereocenters. The van der Waals surface area contributed by atoms with Crippen molar-refractivity contribution in [1.82, 2.24) is 15.1 Å². The van der Waals surface area contributed by atoms with Crippen molar-refractivity contribution in [3.8, 4) is 5.69 Å². The van der Waals surface area contributed by atoms with Crippen LogP contribution in [0.1, 0.15) is 52.6 Å². The van der Waals surface area contributed by atoms with E-state index in [9.17, 15) is 4.79 Å². The predicted molar refractivity (Wildman–Crippen MR) is 98.3 cm³/mol. The van der Waals surface area contributed by atoms with Gasteiger partial charge in [-0.15, -0.1) is 0 Å². The van der Waals surface area contributed by atoms with Crippen LogP contribution in [0.2, 0.25) is 0 Å². The lowest BCUT2D eigenvalue weighted by Gasteiger charge is -2.11. The smallest absolute Gasteiger partial charge is 0.272 e. The number of hydrogen-bond acceptors (Lipinski definition) is 3. The summed E-state index contributed by atoms with van der Waals surface area (Å²) in [6, 6.07) is 6.32. The van der Waals surface area contributed by atoms with Gasteiger partial charge < -0.3 is 10.4 Å². The van der Waals surface area contributed by atoms with Gasteiger partial charge in [0, 0.05) is 24.4 Å². The Morgan fingerprint density at radius 3 is 2.88 bits per heavy atom. The molecule has 1 aliphatic carbocycles. The fraction of sp³-hybridized carbons (Fsp3) is 0.500. The Labute approximate surface area is 149 Å². The molecule has 1 aromatic carbocycles.